The van der Waals surface area contributed by atoms with Crippen molar-refractivity contribution < 1.29 is 13.6 Å². The zero-order chi connectivity index (χ0) is 17.9. The topological polar surface area (TPSA) is 33.5 Å². The Hall–Kier alpha value is -2.10. The predicted molar refractivity (Wildman–Crippen MR) is 99.1 cm³/mol. The summed E-state index contributed by atoms with van der Waals surface area (Å²) in [5.41, 5.74) is 0.464. The molecular weight excluding hydrogens is 329 g/mol. The van der Waals surface area contributed by atoms with Gasteiger partial charge in [-0.3, -0.25) is 4.79 Å². The molecule has 4 heteroatoms. The monoisotopic (exact) mass is 355 g/mol. The standard InChI is InChI=1S/C22H26FNO2/c23-19-9-3-2-8-18(19)21-13-11-17(26-21)12-14-22(25)24-15-5-7-16-6-1-4-10-20(16)24/h2-3,8-9,11,13,16,20H,1,4-7,10,12,14-15H2/t16-,20+/m1/s1. The SMILES string of the molecule is O=C(CCc1ccc(-c2ccccc2F)o1)N1CCC[C@H]2CCCC[C@@H]21. The van der Waals surface area contributed by atoms with Gasteiger partial charge in [0.2, 0.25) is 5.91 Å². The molecule has 0 bridgehead atoms. The minimum Gasteiger partial charge on any atom is -0.461 e. The summed E-state index contributed by atoms with van der Waals surface area (Å²) in [5.74, 6) is 1.92. The molecule has 1 aliphatic heterocycles. The van der Waals surface area contributed by atoms with Crippen LogP contribution in [0.3, 0.4) is 0 Å². The highest BCUT2D eigenvalue weighted by molar-refractivity contribution is 5.77. The fourth-order valence-electron chi connectivity index (χ4n) is 4.63. The molecule has 1 amide bonds. The normalized spacial score (nSPS) is 22.9. The third-order valence-corrected chi connectivity index (χ3v) is 5.95. The van der Waals surface area contributed by atoms with E-state index in [9.17, 15) is 9.18 Å². The first-order valence-electron chi connectivity index (χ1n) is 9.85. The number of likely N-dealkylation sites (tertiary alicyclic amines) is 1. The first-order chi connectivity index (χ1) is 12.7. The molecule has 1 aromatic carbocycles. The van der Waals surface area contributed by atoms with Gasteiger partial charge in [0.15, 0.2) is 0 Å². The zero-order valence-corrected chi connectivity index (χ0v) is 15.1. The molecule has 2 aliphatic rings. The molecule has 3 nitrogen and oxygen atoms in total. The Morgan fingerprint density at radius 1 is 1.08 bits per heavy atom. The van der Waals surface area contributed by atoms with E-state index in [2.05, 4.69) is 4.90 Å². The Bertz CT molecular complexity index is 767. The Kier molecular flexibility index (Phi) is 5.09. The van der Waals surface area contributed by atoms with Gasteiger partial charge in [0, 0.05) is 25.4 Å². The molecule has 138 valence electrons. The van der Waals surface area contributed by atoms with E-state index in [0.717, 1.165) is 25.1 Å². The summed E-state index contributed by atoms with van der Waals surface area (Å²) >= 11 is 0. The van der Waals surface area contributed by atoms with Gasteiger partial charge >= 0.3 is 0 Å². The van der Waals surface area contributed by atoms with Gasteiger partial charge in [-0.05, 0) is 55.9 Å². The number of hydrogen-bond donors (Lipinski definition) is 0. The summed E-state index contributed by atoms with van der Waals surface area (Å²) in [5, 5.41) is 0. The van der Waals surface area contributed by atoms with Crippen LogP contribution in [-0.2, 0) is 11.2 Å². The van der Waals surface area contributed by atoms with E-state index in [0.29, 0.717) is 36.1 Å². The van der Waals surface area contributed by atoms with Crippen LogP contribution in [-0.4, -0.2) is 23.4 Å². The number of carbonyl (C=O) groups is 1. The minimum atomic E-state index is -0.291. The number of benzene rings is 1. The lowest BCUT2D eigenvalue weighted by molar-refractivity contribution is -0.137. The Morgan fingerprint density at radius 2 is 1.88 bits per heavy atom. The molecule has 2 atom stereocenters. The summed E-state index contributed by atoms with van der Waals surface area (Å²) < 4.78 is 19.7. The van der Waals surface area contributed by atoms with Crippen LogP contribution in [0.1, 0.15) is 50.7 Å². The van der Waals surface area contributed by atoms with Gasteiger partial charge in [-0.25, -0.2) is 4.39 Å². The van der Waals surface area contributed by atoms with Crippen molar-refractivity contribution >= 4 is 5.91 Å². The average Bonchev–Trinajstić information content (AvgIpc) is 3.15. The molecule has 0 spiro atoms. The second-order valence-electron chi connectivity index (χ2n) is 7.59. The van der Waals surface area contributed by atoms with E-state index in [1.807, 2.05) is 6.07 Å². The largest absolute Gasteiger partial charge is 0.461 e. The molecule has 0 N–H and O–H groups in total. The van der Waals surface area contributed by atoms with E-state index < -0.39 is 0 Å². The minimum absolute atomic E-state index is 0.241. The molecule has 4 rings (SSSR count). The van der Waals surface area contributed by atoms with Crippen molar-refractivity contribution in [1.82, 2.24) is 4.90 Å². The Balaban J connectivity index is 1.38. The molecule has 1 saturated carbocycles. The van der Waals surface area contributed by atoms with Crippen LogP contribution in [0.25, 0.3) is 11.3 Å². The second-order valence-corrected chi connectivity index (χ2v) is 7.59. The highest BCUT2D eigenvalue weighted by atomic mass is 19.1. The summed E-state index contributed by atoms with van der Waals surface area (Å²) in [6.07, 6.45) is 8.44. The Morgan fingerprint density at radius 3 is 2.77 bits per heavy atom. The van der Waals surface area contributed by atoms with E-state index in [4.69, 9.17) is 4.42 Å². The number of carbonyl (C=O) groups excluding carboxylic acids is 1. The first-order valence-corrected chi connectivity index (χ1v) is 9.85. The van der Waals surface area contributed by atoms with Crippen LogP contribution in [0.2, 0.25) is 0 Å². The van der Waals surface area contributed by atoms with Crippen LogP contribution in [0.5, 0.6) is 0 Å². The van der Waals surface area contributed by atoms with Crippen molar-refractivity contribution in [1.29, 1.82) is 0 Å². The maximum Gasteiger partial charge on any atom is 0.223 e. The molecule has 26 heavy (non-hydrogen) atoms. The van der Waals surface area contributed by atoms with Gasteiger partial charge in [-0.15, -0.1) is 0 Å². The first kappa shape index (κ1) is 17.3. The van der Waals surface area contributed by atoms with Crippen molar-refractivity contribution in [2.24, 2.45) is 5.92 Å². The summed E-state index contributed by atoms with van der Waals surface area (Å²) in [7, 11) is 0. The van der Waals surface area contributed by atoms with Gasteiger partial charge in [-0.1, -0.05) is 25.0 Å². The molecule has 2 fully saturated rings. The lowest BCUT2D eigenvalue weighted by atomic mass is 9.78. The lowest BCUT2D eigenvalue weighted by Crippen LogP contribution is -2.49. The van der Waals surface area contributed by atoms with Crippen molar-refractivity contribution in [3.8, 4) is 11.3 Å². The molecule has 1 aromatic heterocycles. The maximum atomic E-state index is 13.9. The van der Waals surface area contributed by atoms with Crippen LogP contribution >= 0.6 is 0 Å². The van der Waals surface area contributed by atoms with Crippen molar-refractivity contribution in [2.75, 3.05) is 6.54 Å². The number of amides is 1. The van der Waals surface area contributed by atoms with E-state index >= 15 is 0 Å². The molecule has 1 saturated heterocycles. The fraction of sp³-hybridized carbons (Fsp3) is 0.500. The third-order valence-electron chi connectivity index (χ3n) is 5.95. The number of hydrogen-bond acceptors (Lipinski definition) is 2. The number of piperidine rings is 1. The molecule has 1 aliphatic carbocycles. The number of rotatable bonds is 4. The number of nitrogens with zero attached hydrogens (tertiary/aromatic N) is 1. The average molecular weight is 355 g/mol. The summed E-state index contributed by atoms with van der Waals surface area (Å²) in [4.78, 5) is 14.9. The van der Waals surface area contributed by atoms with E-state index in [-0.39, 0.29) is 11.7 Å². The molecule has 0 unspecified atom stereocenters. The summed E-state index contributed by atoms with van der Waals surface area (Å²) in [6.45, 7) is 0.901. The van der Waals surface area contributed by atoms with Gasteiger partial charge in [0.25, 0.3) is 0 Å². The van der Waals surface area contributed by atoms with Crippen molar-refractivity contribution in [2.45, 2.75) is 57.4 Å². The van der Waals surface area contributed by atoms with Crippen molar-refractivity contribution in [3.05, 3.63) is 48.0 Å². The smallest absolute Gasteiger partial charge is 0.223 e. The molecule has 0 radical (unpaired) electrons. The second kappa shape index (κ2) is 7.65. The highest BCUT2D eigenvalue weighted by Gasteiger charge is 2.35. The number of aryl methyl sites for hydroxylation is 1. The van der Waals surface area contributed by atoms with Gasteiger partial charge < -0.3 is 9.32 Å². The predicted octanol–water partition coefficient (Wildman–Crippen LogP) is 5.20. The van der Waals surface area contributed by atoms with Gasteiger partial charge in [0.05, 0.1) is 5.56 Å². The lowest BCUT2D eigenvalue weighted by Gasteiger charge is -2.44. The fourth-order valence-corrected chi connectivity index (χ4v) is 4.63. The van der Waals surface area contributed by atoms with E-state index in [1.165, 1.54) is 31.7 Å². The zero-order valence-electron chi connectivity index (χ0n) is 15.1. The van der Waals surface area contributed by atoms with Crippen LogP contribution in [0.4, 0.5) is 4.39 Å². The van der Waals surface area contributed by atoms with Crippen LogP contribution in [0, 0.1) is 11.7 Å². The Labute approximate surface area is 154 Å². The van der Waals surface area contributed by atoms with E-state index in [1.54, 1.807) is 24.3 Å². The third kappa shape index (κ3) is 3.55. The van der Waals surface area contributed by atoms with Crippen LogP contribution < -0.4 is 0 Å². The van der Waals surface area contributed by atoms with Gasteiger partial charge in [0.1, 0.15) is 17.3 Å². The maximum absolute atomic E-state index is 13.9. The number of furan rings is 1. The number of fused-ring (bicyclic) bond motifs is 1. The van der Waals surface area contributed by atoms with Crippen LogP contribution in [0.15, 0.2) is 40.8 Å². The quantitative estimate of drug-likeness (QED) is 0.755. The van der Waals surface area contributed by atoms with Crippen molar-refractivity contribution in [3.63, 3.8) is 0 Å². The highest BCUT2D eigenvalue weighted by Crippen LogP contribution is 2.35. The summed E-state index contributed by atoms with van der Waals surface area (Å²) in [6, 6.07) is 10.7. The van der Waals surface area contributed by atoms with Gasteiger partial charge in [-0.2, -0.15) is 0 Å². The molecular formula is C22H26FNO2. The molecule has 2 aromatic rings. The number of halogens is 1. The molecule has 2 heterocycles.